The molecule has 0 radical (unpaired) electrons. The lowest BCUT2D eigenvalue weighted by atomic mass is 9.99. The first kappa shape index (κ1) is 14.5. The number of rotatable bonds is 6. The monoisotopic (exact) mass is 275 g/mol. The molecule has 0 saturated heterocycles. The van der Waals surface area contributed by atoms with Crippen LogP contribution in [0.3, 0.4) is 0 Å². The normalized spacial score (nSPS) is 14.3. The van der Waals surface area contributed by atoms with Gasteiger partial charge in [0.25, 0.3) is 0 Å². The number of benzene rings is 1. The molecule has 0 aliphatic heterocycles. The van der Waals surface area contributed by atoms with Crippen LogP contribution in [0.4, 0.5) is 0 Å². The topological polar surface area (TPSA) is 67.2 Å². The summed E-state index contributed by atoms with van der Waals surface area (Å²) in [6, 6.07) is 7.35. The smallest absolute Gasteiger partial charge is 0.320 e. The highest BCUT2D eigenvalue weighted by Gasteiger charge is 2.23. The van der Waals surface area contributed by atoms with Gasteiger partial charge in [-0.2, -0.15) is 0 Å². The van der Waals surface area contributed by atoms with E-state index in [0.29, 0.717) is 6.54 Å². The summed E-state index contributed by atoms with van der Waals surface area (Å²) in [6.45, 7) is 4.39. The third-order valence-corrected chi connectivity index (χ3v) is 3.84. The van der Waals surface area contributed by atoms with Gasteiger partial charge in [-0.1, -0.05) is 32.4 Å². The highest BCUT2D eigenvalue weighted by molar-refractivity contribution is 5.76. The first-order valence-corrected chi connectivity index (χ1v) is 6.91. The van der Waals surface area contributed by atoms with Gasteiger partial charge in [-0.25, -0.2) is 4.98 Å². The Bertz CT molecular complexity index is 606. The van der Waals surface area contributed by atoms with Crippen LogP contribution in [0.15, 0.2) is 24.3 Å². The summed E-state index contributed by atoms with van der Waals surface area (Å²) in [6.07, 6.45) is 0.826. The van der Waals surface area contributed by atoms with E-state index in [0.717, 1.165) is 23.3 Å². The molecule has 0 aliphatic rings. The molecule has 0 unspecified atom stereocenters. The van der Waals surface area contributed by atoms with E-state index in [1.54, 1.807) is 0 Å². The second-order valence-electron chi connectivity index (χ2n) is 5.16. The number of para-hydroxylation sites is 2. The average molecular weight is 275 g/mol. The van der Waals surface area contributed by atoms with Crippen molar-refractivity contribution in [1.82, 2.24) is 14.9 Å². The first-order chi connectivity index (χ1) is 9.54. The zero-order chi connectivity index (χ0) is 14.7. The molecular weight excluding hydrogens is 254 g/mol. The van der Waals surface area contributed by atoms with Crippen LogP contribution in [0.2, 0.25) is 0 Å². The van der Waals surface area contributed by atoms with Gasteiger partial charge in [0, 0.05) is 7.05 Å². The Labute approximate surface area is 118 Å². The third kappa shape index (κ3) is 2.82. The lowest BCUT2D eigenvalue weighted by Crippen LogP contribution is -2.41. The SMILES string of the molecule is CC[C@H](C)[C@H](NCc1nc2ccccc2n1C)C(=O)O. The molecule has 0 spiro atoms. The molecule has 5 heteroatoms. The molecule has 108 valence electrons. The maximum Gasteiger partial charge on any atom is 0.320 e. The molecule has 1 heterocycles. The van der Waals surface area contributed by atoms with Gasteiger partial charge in [0.05, 0.1) is 17.6 Å². The van der Waals surface area contributed by atoms with Crippen molar-refractivity contribution in [3.05, 3.63) is 30.1 Å². The molecule has 5 nitrogen and oxygen atoms in total. The predicted molar refractivity (Wildman–Crippen MR) is 78.4 cm³/mol. The van der Waals surface area contributed by atoms with E-state index >= 15 is 0 Å². The van der Waals surface area contributed by atoms with Crippen molar-refractivity contribution in [2.75, 3.05) is 0 Å². The molecule has 2 atom stereocenters. The third-order valence-electron chi connectivity index (χ3n) is 3.84. The Morgan fingerprint density at radius 1 is 1.45 bits per heavy atom. The zero-order valence-electron chi connectivity index (χ0n) is 12.1. The fraction of sp³-hybridized carbons (Fsp3) is 0.467. The number of carboxylic acids is 1. The fourth-order valence-corrected chi connectivity index (χ4v) is 2.32. The minimum atomic E-state index is -0.807. The molecule has 1 aromatic heterocycles. The van der Waals surface area contributed by atoms with Crippen LogP contribution in [0.25, 0.3) is 11.0 Å². The van der Waals surface area contributed by atoms with Crippen LogP contribution in [-0.2, 0) is 18.4 Å². The lowest BCUT2D eigenvalue weighted by molar-refractivity contribution is -0.140. The quantitative estimate of drug-likeness (QED) is 0.848. The standard InChI is InChI=1S/C15H21N3O2/c1-4-10(2)14(15(19)20)16-9-13-17-11-7-5-6-8-12(11)18(13)3/h5-8,10,14,16H,4,9H2,1-3H3,(H,19,20)/t10-,14-/m0/s1. The number of carboxylic acid groups (broad SMARTS) is 1. The van der Waals surface area contributed by atoms with Crippen molar-refractivity contribution in [3.63, 3.8) is 0 Å². The molecule has 0 saturated carbocycles. The van der Waals surface area contributed by atoms with Crippen molar-refractivity contribution in [3.8, 4) is 0 Å². The summed E-state index contributed by atoms with van der Waals surface area (Å²) in [5.74, 6) is 0.126. The highest BCUT2D eigenvalue weighted by Crippen LogP contribution is 2.15. The van der Waals surface area contributed by atoms with Crippen LogP contribution in [0.1, 0.15) is 26.1 Å². The molecule has 2 rings (SSSR count). The van der Waals surface area contributed by atoms with Crippen molar-refractivity contribution in [2.45, 2.75) is 32.9 Å². The van der Waals surface area contributed by atoms with E-state index in [1.807, 2.05) is 49.7 Å². The first-order valence-electron chi connectivity index (χ1n) is 6.91. The second kappa shape index (κ2) is 6.05. The minimum absolute atomic E-state index is 0.0854. The van der Waals surface area contributed by atoms with E-state index in [2.05, 4.69) is 10.3 Å². The summed E-state index contributed by atoms with van der Waals surface area (Å²) in [5.41, 5.74) is 1.99. The molecule has 0 bridgehead atoms. The molecule has 20 heavy (non-hydrogen) atoms. The van der Waals surface area contributed by atoms with Crippen molar-refractivity contribution >= 4 is 17.0 Å². The Morgan fingerprint density at radius 2 is 2.15 bits per heavy atom. The largest absolute Gasteiger partial charge is 0.480 e. The number of imidazole rings is 1. The Hall–Kier alpha value is -1.88. The van der Waals surface area contributed by atoms with Crippen LogP contribution >= 0.6 is 0 Å². The van der Waals surface area contributed by atoms with Gasteiger partial charge < -0.3 is 9.67 Å². The lowest BCUT2D eigenvalue weighted by Gasteiger charge is -2.19. The molecule has 2 aromatic rings. The van der Waals surface area contributed by atoms with E-state index in [9.17, 15) is 9.90 Å². The van der Waals surface area contributed by atoms with Crippen LogP contribution in [0.5, 0.6) is 0 Å². The predicted octanol–water partition coefficient (Wildman–Crippen LogP) is 2.16. The number of aliphatic carboxylic acids is 1. The van der Waals surface area contributed by atoms with Crippen LogP contribution in [0, 0.1) is 5.92 Å². The van der Waals surface area contributed by atoms with Gasteiger partial charge in [-0.3, -0.25) is 10.1 Å². The number of hydrogen-bond acceptors (Lipinski definition) is 3. The average Bonchev–Trinajstić information content (AvgIpc) is 2.75. The summed E-state index contributed by atoms with van der Waals surface area (Å²) in [7, 11) is 1.95. The summed E-state index contributed by atoms with van der Waals surface area (Å²) < 4.78 is 2.00. The van der Waals surface area contributed by atoms with E-state index in [1.165, 1.54) is 0 Å². The Balaban J connectivity index is 2.15. The Morgan fingerprint density at radius 3 is 2.75 bits per heavy atom. The number of aryl methyl sites for hydroxylation is 1. The van der Waals surface area contributed by atoms with Gasteiger partial charge in [0.2, 0.25) is 0 Å². The fourth-order valence-electron chi connectivity index (χ4n) is 2.32. The molecule has 2 N–H and O–H groups in total. The highest BCUT2D eigenvalue weighted by atomic mass is 16.4. The van der Waals surface area contributed by atoms with Crippen molar-refractivity contribution < 1.29 is 9.90 Å². The van der Waals surface area contributed by atoms with Gasteiger partial charge in [-0.15, -0.1) is 0 Å². The van der Waals surface area contributed by atoms with Gasteiger partial charge in [0.1, 0.15) is 11.9 Å². The molecule has 0 aliphatic carbocycles. The number of fused-ring (bicyclic) bond motifs is 1. The van der Waals surface area contributed by atoms with E-state index in [-0.39, 0.29) is 5.92 Å². The number of carbonyl (C=O) groups is 1. The number of hydrogen-bond donors (Lipinski definition) is 2. The number of nitrogens with zero attached hydrogens (tertiary/aromatic N) is 2. The number of nitrogens with one attached hydrogen (secondary N) is 1. The molecule has 0 fully saturated rings. The van der Waals surface area contributed by atoms with Crippen molar-refractivity contribution in [2.24, 2.45) is 13.0 Å². The Kier molecular flexibility index (Phi) is 4.39. The summed E-state index contributed by atoms with van der Waals surface area (Å²) >= 11 is 0. The molecule has 1 aromatic carbocycles. The maximum atomic E-state index is 11.3. The molecular formula is C15H21N3O2. The van der Waals surface area contributed by atoms with E-state index in [4.69, 9.17) is 0 Å². The summed E-state index contributed by atoms with van der Waals surface area (Å²) in [4.78, 5) is 15.8. The van der Waals surface area contributed by atoms with Crippen molar-refractivity contribution in [1.29, 1.82) is 0 Å². The van der Waals surface area contributed by atoms with Gasteiger partial charge >= 0.3 is 5.97 Å². The minimum Gasteiger partial charge on any atom is -0.480 e. The van der Waals surface area contributed by atoms with E-state index < -0.39 is 12.0 Å². The van der Waals surface area contributed by atoms with Gasteiger partial charge in [-0.05, 0) is 18.1 Å². The molecule has 0 amide bonds. The second-order valence-corrected chi connectivity index (χ2v) is 5.16. The van der Waals surface area contributed by atoms with Gasteiger partial charge in [0.15, 0.2) is 0 Å². The van der Waals surface area contributed by atoms with Crippen LogP contribution in [-0.4, -0.2) is 26.7 Å². The number of aromatic nitrogens is 2. The maximum absolute atomic E-state index is 11.3. The van der Waals surface area contributed by atoms with Crippen LogP contribution < -0.4 is 5.32 Å². The summed E-state index contributed by atoms with van der Waals surface area (Å²) in [5, 5.41) is 12.4. The zero-order valence-corrected chi connectivity index (χ0v) is 12.1.